The average Bonchev–Trinajstić information content (AvgIpc) is 3.52. The van der Waals surface area contributed by atoms with Gasteiger partial charge in [-0.2, -0.15) is 20.0 Å². The molecule has 1 aromatic carbocycles. The number of aromatic nitrogens is 7. The second-order valence-corrected chi connectivity index (χ2v) is 7.66. The van der Waals surface area contributed by atoms with Gasteiger partial charge in [0, 0.05) is 17.8 Å². The fourth-order valence-corrected chi connectivity index (χ4v) is 3.84. The summed E-state index contributed by atoms with van der Waals surface area (Å²) in [6.07, 6.45) is 7.95. The molecule has 0 unspecified atom stereocenters. The first-order valence-corrected chi connectivity index (χ1v) is 10.2. The minimum absolute atomic E-state index is 0.171. The van der Waals surface area contributed by atoms with E-state index < -0.39 is 0 Å². The molecular weight excluding hydrogens is 394 g/mol. The van der Waals surface area contributed by atoms with E-state index in [1.807, 2.05) is 30.5 Å². The molecule has 2 N–H and O–H groups in total. The summed E-state index contributed by atoms with van der Waals surface area (Å²) < 4.78 is 3.46. The summed E-state index contributed by atoms with van der Waals surface area (Å²) in [6, 6.07) is 10.2. The number of nitrogens with one attached hydrogen (secondary N) is 1. The molecule has 0 spiro atoms. The van der Waals surface area contributed by atoms with Crippen LogP contribution in [0, 0.1) is 11.3 Å². The minimum Gasteiger partial charge on any atom is -0.393 e. The quantitative estimate of drug-likeness (QED) is 0.491. The molecule has 3 aromatic heterocycles. The van der Waals surface area contributed by atoms with Crippen molar-refractivity contribution in [2.24, 2.45) is 0 Å². The van der Waals surface area contributed by atoms with Crippen LogP contribution in [0.5, 0.6) is 0 Å². The number of nitriles is 1. The van der Waals surface area contributed by atoms with Gasteiger partial charge in [0.15, 0.2) is 11.2 Å². The van der Waals surface area contributed by atoms with Gasteiger partial charge in [0.1, 0.15) is 0 Å². The zero-order chi connectivity index (χ0) is 21.2. The molecule has 4 aromatic rings. The van der Waals surface area contributed by atoms with Crippen LogP contribution in [-0.4, -0.2) is 52.0 Å². The Hall–Kier alpha value is -3.84. The molecule has 10 heteroatoms. The molecule has 0 saturated heterocycles. The van der Waals surface area contributed by atoms with Crippen LogP contribution < -0.4 is 5.32 Å². The first-order valence-electron chi connectivity index (χ1n) is 10.2. The second-order valence-electron chi connectivity index (χ2n) is 7.66. The van der Waals surface area contributed by atoms with E-state index >= 15 is 0 Å². The third-order valence-electron chi connectivity index (χ3n) is 5.46. The summed E-state index contributed by atoms with van der Waals surface area (Å²) in [5, 5.41) is 34.5. The Morgan fingerprint density at radius 2 is 2.03 bits per heavy atom. The molecule has 1 aliphatic carbocycles. The Balaban J connectivity index is 1.38. The maximum Gasteiger partial charge on any atom is 0.225 e. The topological polar surface area (TPSA) is 130 Å². The fraction of sp³-hybridized carbons (Fsp3) is 0.333. The number of hydrogen-bond acceptors (Lipinski definition) is 8. The van der Waals surface area contributed by atoms with Gasteiger partial charge in [-0.3, -0.25) is 4.68 Å². The van der Waals surface area contributed by atoms with Crippen LogP contribution in [-0.2, 0) is 6.54 Å². The highest BCUT2D eigenvalue weighted by atomic mass is 16.3. The van der Waals surface area contributed by atoms with Crippen LogP contribution in [0.15, 0.2) is 42.9 Å². The molecule has 5 rings (SSSR count). The first-order chi connectivity index (χ1) is 15.2. The maximum atomic E-state index is 9.73. The van der Waals surface area contributed by atoms with Gasteiger partial charge in [-0.15, -0.1) is 5.10 Å². The molecule has 156 valence electrons. The number of aliphatic hydroxyl groups is 1. The van der Waals surface area contributed by atoms with Gasteiger partial charge >= 0.3 is 0 Å². The summed E-state index contributed by atoms with van der Waals surface area (Å²) in [6.45, 7) is 0.579. The lowest BCUT2D eigenvalue weighted by atomic mass is 10.1. The van der Waals surface area contributed by atoms with Gasteiger partial charge in [0.25, 0.3) is 0 Å². The van der Waals surface area contributed by atoms with Crippen LogP contribution >= 0.6 is 0 Å². The van der Waals surface area contributed by atoms with Gasteiger partial charge < -0.3 is 10.4 Å². The van der Waals surface area contributed by atoms with Crippen LogP contribution in [0.3, 0.4) is 0 Å². The SMILES string of the molecule is N#CCCn1cc(-c2ccc(-n3nnc4cnc(N[C@H]5CC[C@H](O)C5)nc43)cc2)cn1. The minimum atomic E-state index is -0.259. The van der Waals surface area contributed by atoms with E-state index in [1.165, 1.54) is 0 Å². The van der Waals surface area contributed by atoms with Crippen molar-refractivity contribution in [3.8, 4) is 22.9 Å². The van der Waals surface area contributed by atoms with Crippen molar-refractivity contribution in [3.63, 3.8) is 0 Å². The predicted octanol–water partition coefficient (Wildman–Crippen LogP) is 2.31. The smallest absolute Gasteiger partial charge is 0.225 e. The molecule has 0 amide bonds. The number of benzene rings is 1. The van der Waals surface area contributed by atoms with Crippen LogP contribution in [0.25, 0.3) is 28.0 Å². The van der Waals surface area contributed by atoms with E-state index in [-0.39, 0.29) is 12.1 Å². The second kappa shape index (κ2) is 8.12. The molecule has 1 fully saturated rings. The van der Waals surface area contributed by atoms with E-state index in [9.17, 15) is 5.11 Å². The van der Waals surface area contributed by atoms with Gasteiger partial charge in [-0.1, -0.05) is 17.3 Å². The molecule has 1 saturated carbocycles. The predicted molar refractivity (Wildman–Crippen MR) is 113 cm³/mol. The van der Waals surface area contributed by atoms with Crippen molar-refractivity contribution in [2.75, 3.05) is 5.32 Å². The lowest BCUT2D eigenvalue weighted by molar-refractivity contribution is 0.182. The third kappa shape index (κ3) is 3.95. The van der Waals surface area contributed by atoms with Crippen molar-refractivity contribution in [2.45, 2.75) is 44.4 Å². The number of anilines is 1. The van der Waals surface area contributed by atoms with Crippen molar-refractivity contribution in [1.29, 1.82) is 5.26 Å². The molecule has 10 nitrogen and oxygen atoms in total. The summed E-state index contributed by atoms with van der Waals surface area (Å²) in [5.74, 6) is 0.511. The van der Waals surface area contributed by atoms with E-state index in [1.54, 1.807) is 21.8 Å². The molecule has 0 aliphatic heterocycles. The number of rotatable bonds is 6. The number of nitrogens with zero attached hydrogens (tertiary/aromatic N) is 8. The Labute approximate surface area is 178 Å². The number of aryl methyl sites for hydroxylation is 1. The van der Waals surface area contributed by atoms with Crippen molar-refractivity contribution >= 4 is 17.1 Å². The largest absolute Gasteiger partial charge is 0.393 e. The molecule has 0 radical (unpaired) electrons. The Morgan fingerprint density at radius 1 is 1.16 bits per heavy atom. The number of aliphatic hydroxyl groups excluding tert-OH is 1. The van der Waals surface area contributed by atoms with Crippen molar-refractivity contribution in [3.05, 3.63) is 42.9 Å². The zero-order valence-electron chi connectivity index (χ0n) is 16.8. The van der Waals surface area contributed by atoms with E-state index in [0.29, 0.717) is 36.5 Å². The van der Waals surface area contributed by atoms with Gasteiger partial charge in [0.2, 0.25) is 5.95 Å². The van der Waals surface area contributed by atoms with Gasteiger partial charge in [-0.25, -0.2) is 4.98 Å². The monoisotopic (exact) mass is 415 g/mol. The molecule has 0 bridgehead atoms. The number of fused-ring (bicyclic) bond motifs is 1. The molecule has 1 aliphatic rings. The molecule has 31 heavy (non-hydrogen) atoms. The van der Waals surface area contributed by atoms with Crippen LogP contribution in [0.1, 0.15) is 25.7 Å². The lowest BCUT2D eigenvalue weighted by Gasteiger charge is -2.11. The first kappa shape index (κ1) is 19.1. The highest BCUT2D eigenvalue weighted by Crippen LogP contribution is 2.24. The van der Waals surface area contributed by atoms with E-state index in [2.05, 4.69) is 36.8 Å². The summed E-state index contributed by atoms with van der Waals surface area (Å²) >= 11 is 0. The van der Waals surface area contributed by atoms with Crippen molar-refractivity contribution in [1.82, 2.24) is 34.7 Å². The van der Waals surface area contributed by atoms with Crippen LogP contribution in [0.2, 0.25) is 0 Å². The van der Waals surface area contributed by atoms with Gasteiger partial charge in [-0.05, 0) is 37.0 Å². The zero-order valence-corrected chi connectivity index (χ0v) is 16.8. The summed E-state index contributed by atoms with van der Waals surface area (Å²) in [7, 11) is 0. The Bertz CT molecular complexity index is 1240. The van der Waals surface area contributed by atoms with Gasteiger partial charge in [0.05, 0.1) is 43.2 Å². The van der Waals surface area contributed by atoms with Crippen molar-refractivity contribution < 1.29 is 5.11 Å². The third-order valence-corrected chi connectivity index (χ3v) is 5.46. The lowest BCUT2D eigenvalue weighted by Crippen LogP contribution is -2.18. The van der Waals surface area contributed by atoms with Crippen LogP contribution in [0.4, 0.5) is 5.95 Å². The molecule has 2 atom stereocenters. The van der Waals surface area contributed by atoms with E-state index in [0.717, 1.165) is 29.7 Å². The van der Waals surface area contributed by atoms with E-state index in [4.69, 9.17) is 5.26 Å². The highest BCUT2D eigenvalue weighted by molar-refractivity contribution is 5.72. The fourth-order valence-electron chi connectivity index (χ4n) is 3.84. The molecule has 3 heterocycles. The highest BCUT2D eigenvalue weighted by Gasteiger charge is 2.23. The Kier molecular flexibility index (Phi) is 5.01. The standard InChI is InChI=1S/C21H21N9O/c22-8-1-9-29-13-15(11-24-29)14-2-5-17(6-3-14)30-20-19(27-28-30)12-23-21(26-20)25-16-4-7-18(31)10-16/h2-3,5-6,11-13,16,18,31H,1,4,7,9-10H2,(H,23,25,26)/t16-,18-/m0/s1. The normalized spacial score (nSPS) is 18.3. The number of hydrogen-bond donors (Lipinski definition) is 2. The summed E-state index contributed by atoms with van der Waals surface area (Å²) in [4.78, 5) is 8.94. The summed E-state index contributed by atoms with van der Waals surface area (Å²) in [5.41, 5.74) is 4.07. The average molecular weight is 415 g/mol. The molecular formula is C21H21N9O. The maximum absolute atomic E-state index is 9.73. The Morgan fingerprint density at radius 3 is 2.81 bits per heavy atom.